The molecule has 32 heavy (non-hydrogen) atoms. The van der Waals surface area contributed by atoms with Gasteiger partial charge in [-0.1, -0.05) is 18.2 Å². The monoisotopic (exact) mass is 460 g/mol. The number of benzene rings is 1. The number of nitrogens with zero attached hydrogens (tertiary/aromatic N) is 4. The smallest absolute Gasteiger partial charge is 0.319 e. The van der Waals surface area contributed by atoms with Crippen LogP contribution in [-0.4, -0.2) is 73.2 Å². The van der Waals surface area contributed by atoms with E-state index in [1.165, 1.54) is 19.7 Å². The minimum absolute atomic E-state index is 0.281. The molecular weight excluding hydrogens is 428 g/mol. The van der Waals surface area contributed by atoms with Gasteiger partial charge in [-0.25, -0.2) is 4.79 Å². The second-order valence-electron chi connectivity index (χ2n) is 8.22. The van der Waals surface area contributed by atoms with Crippen LogP contribution in [0.1, 0.15) is 22.4 Å². The number of anilines is 1. The summed E-state index contributed by atoms with van der Waals surface area (Å²) in [6, 6.07) is 9.55. The van der Waals surface area contributed by atoms with Crippen molar-refractivity contribution in [1.29, 1.82) is 0 Å². The molecule has 10 heteroatoms. The molecule has 9 nitrogen and oxygen atoms in total. The normalized spacial score (nSPS) is 15.7. The Labute approximate surface area is 190 Å². The molecule has 1 fully saturated rings. The molecule has 0 unspecified atom stereocenters. The highest BCUT2D eigenvalue weighted by molar-refractivity contribution is 7.86. The predicted molar refractivity (Wildman–Crippen MR) is 125 cm³/mol. The molecule has 2 aromatic rings. The van der Waals surface area contributed by atoms with Gasteiger partial charge in [-0.05, 0) is 42.7 Å². The zero-order chi connectivity index (χ0) is 23.3. The van der Waals surface area contributed by atoms with Crippen LogP contribution in [0.4, 0.5) is 10.5 Å². The fraction of sp³-hybridized carbons (Fsp3) is 0.455. The number of aromatic nitrogens is 1. The molecule has 2 amide bonds. The molecule has 0 atom stereocenters. The molecule has 0 saturated carbocycles. The molecule has 3 rings (SSSR count). The van der Waals surface area contributed by atoms with Crippen molar-refractivity contribution in [3.05, 3.63) is 58.9 Å². The third kappa shape index (κ3) is 6.26. The van der Waals surface area contributed by atoms with Crippen molar-refractivity contribution in [2.24, 2.45) is 0 Å². The van der Waals surface area contributed by atoms with E-state index in [0.29, 0.717) is 38.4 Å². The van der Waals surface area contributed by atoms with Crippen molar-refractivity contribution in [1.82, 2.24) is 23.8 Å². The number of piperazine rings is 1. The van der Waals surface area contributed by atoms with E-state index < -0.39 is 10.2 Å². The van der Waals surface area contributed by atoms with Crippen molar-refractivity contribution in [3.63, 3.8) is 0 Å². The molecular formula is C22H32N6O3S. The molecule has 1 aromatic heterocycles. The Balaban J connectivity index is 1.53. The van der Waals surface area contributed by atoms with E-state index in [1.807, 2.05) is 25.1 Å². The molecule has 1 saturated heterocycles. The van der Waals surface area contributed by atoms with Gasteiger partial charge in [-0.2, -0.15) is 17.0 Å². The van der Waals surface area contributed by atoms with Crippen molar-refractivity contribution in [2.75, 3.05) is 45.6 Å². The van der Waals surface area contributed by atoms with E-state index in [2.05, 4.69) is 39.6 Å². The predicted octanol–water partition coefficient (Wildman–Crippen LogP) is 1.94. The third-order valence-corrected chi connectivity index (χ3v) is 7.49. The van der Waals surface area contributed by atoms with Gasteiger partial charge in [0.1, 0.15) is 0 Å². The summed E-state index contributed by atoms with van der Waals surface area (Å²) >= 11 is 0. The minimum Gasteiger partial charge on any atom is -0.334 e. The average Bonchev–Trinajstić information content (AvgIpc) is 2.76. The number of amides is 2. The quantitative estimate of drug-likeness (QED) is 0.658. The van der Waals surface area contributed by atoms with E-state index in [4.69, 9.17) is 0 Å². The van der Waals surface area contributed by atoms with Gasteiger partial charge in [-0.15, -0.1) is 0 Å². The van der Waals surface area contributed by atoms with Gasteiger partial charge in [0.25, 0.3) is 10.2 Å². The lowest BCUT2D eigenvalue weighted by molar-refractivity contribution is 0.177. The first-order chi connectivity index (χ1) is 15.1. The van der Waals surface area contributed by atoms with Gasteiger partial charge in [0.05, 0.1) is 11.9 Å². The van der Waals surface area contributed by atoms with Gasteiger partial charge < -0.3 is 10.6 Å². The summed E-state index contributed by atoms with van der Waals surface area (Å²) < 4.78 is 27.4. The number of hydrogen-bond donors (Lipinski definition) is 2. The Hall–Kier alpha value is -2.53. The van der Waals surface area contributed by atoms with Gasteiger partial charge in [0, 0.05) is 59.1 Å². The molecule has 0 radical (unpaired) electrons. The minimum atomic E-state index is -3.36. The Bertz CT molecular complexity index is 1030. The van der Waals surface area contributed by atoms with Crippen molar-refractivity contribution >= 4 is 21.9 Å². The summed E-state index contributed by atoms with van der Waals surface area (Å²) in [5, 5.41) is 5.65. The number of rotatable bonds is 7. The average molecular weight is 461 g/mol. The lowest BCUT2D eigenvalue weighted by atomic mass is 10.0. The zero-order valence-corrected chi connectivity index (χ0v) is 19.9. The Morgan fingerprint density at radius 3 is 2.44 bits per heavy atom. The maximum atomic E-state index is 12.3. The topological polar surface area (TPSA) is 97.9 Å². The lowest BCUT2D eigenvalue weighted by Gasteiger charge is -2.35. The van der Waals surface area contributed by atoms with Crippen LogP contribution in [0.15, 0.2) is 36.5 Å². The molecule has 1 aromatic carbocycles. The maximum absolute atomic E-state index is 12.3. The maximum Gasteiger partial charge on any atom is 0.319 e. The van der Waals surface area contributed by atoms with Crippen LogP contribution in [0, 0.1) is 13.8 Å². The number of nitrogens with one attached hydrogen (secondary N) is 2. The fourth-order valence-electron chi connectivity index (χ4n) is 3.49. The van der Waals surface area contributed by atoms with Gasteiger partial charge in [0.15, 0.2) is 0 Å². The molecule has 0 bridgehead atoms. The summed E-state index contributed by atoms with van der Waals surface area (Å²) in [6.45, 7) is 7.44. The summed E-state index contributed by atoms with van der Waals surface area (Å²) in [7, 11) is -0.245. The molecule has 0 aliphatic carbocycles. The second-order valence-corrected chi connectivity index (χ2v) is 10.4. The van der Waals surface area contributed by atoms with Crippen molar-refractivity contribution in [2.45, 2.75) is 26.9 Å². The summed E-state index contributed by atoms with van der Waals surface area (Å²) in [6.07, 6.45) is 1.63. The van der Waals surface area contributed by atoms with Crippen LogP contribution in [0.3, 0.4) is 0 Å². The zero-order valence-electron chi connectivity index (χ0n) is 19.1. The number of hydrogen-bond acceptors (Lipinski definition) is 5. The molecule has 0 spiro atoms. The van der Waals surface area contributed by atoms with E-state index in [9.17, 15) is 13.2 Å². The van der Waals surface area contributed by atoms with E-state index in [0.717, 1.165) is 17.8 Å². The number of pyridine rings is 1. The summed E-state index contributed by atoms with van der Waals surface area (Å²) in [5.74, 6) is 0. The molecule has 1 aliphatic rings. The third-order valence-electron chi connectivity index (χ3n) is 5.55. The second kappa shape index (κ2) is 10.4. The first-order valence-electron chi connectivity index (χ1n) is 10.6. The highest BCUT2D eigenvalue weighted by Gasteiger charge is 2.28. The molecule has 2 heterocycles. The highest BCUT2D eigenvalue weighted by Crippen LogP contribution is 2.17. The Morgan fingerprint density at radius 2 is 1.81 bits per heavy atom. The summed E-state index contributed by atoms with van der Waals surface area (Å²) in [5.41, 5.74) is 4.90. The van der Waals surface area contributed by atoms with E-state index >= 15 is 0 Å². The van der Waals surface area contributed by atoms with Crippen LogP contribution >= 0.6 is 0 Å². The van der Waals surface area contributed by atoms with Crippen LogP contribution < -0.4 is 10.6 Å². The number of urea groups is 1. The molecule has 2 N–H and O–H groups in total. The number of carbonyl (C=O) groups is 1. The first kappa shape index (κ1) is 24.1. The largest absolute Gasteiger partial charge is 0.334 e. The van der Waals surface area contributed by atoms with E-state index in [1.54, 1.807) is 20.3 Å². The standard InChI is InChI=1S/C22H32N6O3S/c1-17-5-7-19(14-24-22(29)25-21-8-6-18(2)23-15-21)13-20(17)16-27-9-11-28(12-10-27)32(30,31)26(3)4/h5-8,13,15H,9-12,14,16H2,1-4H3,(H2,24,25,29). The Kier molecular flexibility index (Phi) is 7.83. The van der Waals surface area contributed by atoms with Gasteiger partial charge in [0.2, 0.25) is 0 Å². The van der Waals surface area contributed by atoms with Crippen molar-refractivity contribution in [3.8, 4) is 0 Å². The fourth-order valence-corrected chi connectivity index (χ4v) is 4.58. The Morgan fingerprint density at radius 1 is 1.09 bits per heavy atom. The lowest BCUT2D eigenvalue weighted by Crippen LogP contribution is -2.51. The highest BCUT2D eigenvalue weighted by atomic mass is 32.2. The molecule has 1 aliphatic heterocycles. The van der Waals surface area contributed by atoms with Gasteiger partial charge >= 0.3 is 6.03 Å². The van der Waals surface area contributed by atoms with E-state index in [-0.39, 0.29) is 6.03 Å². The first-order valence-corrected chi connectivity index (χ1v) is 12.0. The van der Waals surface area contributed by atoms with Gasteiger partial charge in [-0.3, -0.25) is 9.88 Å². The SMILES string of the molecule is Cc1ccc(NC(=O)NCc2ccc(C)c(CN3CCN(S(=O)(=O)N(C)C)CC3)c2)cn1. The number of aryl methyl sites for hydroxylation is 2. The van der Waals surface area contributed by atoms with Crippen LogP contribution in [0.5, 0.6) is 0 Å². The van der Waals surface area contributed by atoms with Crippen molar-refractivity contribution < 1.29 is 13.2 Å². The van der Waals surface area contributed by atoms with Crippen LogP contribution in [0.25, 0.3) is 0 Å². The van der Waals surface area contributed by atoms with Crippen LogP contribution in [-0.2, 0) is 23.3 Å². The number of carbonyl (C=O) groups excluding carboxylic acids is 1. The van der Waals surface area contributed by atoms with Crippen LogP contribution in [0.2, 0.25) is 0 Å². The summed E-state index contributed by atoms with van der Waals surface area (Å²) in [4.78, 5) is 18.6. The molecule has 174 valence electrons.